The third-order valence-corrected chi connectivity index (χ3v) is 8.36. The first-order valence-electron chi connectivity index (χ1n) is 13.4. The van der Waals surface area contributed by atoms with Gasteiger partial charge in [-0.15, -0.1) is 0 Å². The highest BCUT2D eigenvalue weighted by Crippen LogP contribution is 2.43. The van der Waals surface area contributed by atoms with Gasteiger partial charge in [0, 0.05) is 26.8 Å². The van der Waals surface area contributed by atoms with Gasteiger partial charge in [0.1, 0.15) is 5.82 Å². The maximum absolute atomic E-state index is 4.83. The van der Waals surface area contributed by atoms with Crippen LogP contribution in [-0.2, 0) is 0 Å². The molecule has 0 spiro atoms. The van der Waals surface area contributed by atoms with Gasteiger partial charge in [0.2, 0.25) is 0 Å². The zero-order valence-corrected chi connectivity index (χ0v) is 23.1. The molecule has 2 heterocycles. The second-order valence-electron chi connectivity index (χ2n) is 10.2. The fourth-order valence-corrected chi connectivity index (χ4v) is 6.53. The first-order valence-corrected chi connectivity index (χ1v) is 14.2. The summed E-state index contributed by atoms with van der Waals surface area (Å²) in [5, 5.41) is 7.53. The van der Waals surface area contributed by atoms with Crippen molar-refractivity contribution in [3.63, 3.8) is 0 Å². The fraction of sp³-hybridized carbons (Fsp3) is 0. The van der Waals surface area contributed by atoms with Crippen LogP contribution >= 0.6 is 15.9 Å². The number of hydrogen-bond acceptors (Lipinski definition) is 1. The van der Waals surface area contributed by atoms with Gasteiger partial charge in [0.15, 0.2) is 0 Å². The fourth-order valence-electron chi connectivity index (χ4n) is 6.13. The van der Waals surface area contributed by atoms with E-state index in [9.17, 15) is 0 Å². The summed E-state index contributed by atoms with van der Waals surface area (Å²) in [5.74, 6) is 0.919. The summed E-state index contributed by atoms with van der Waals surface area (Å²) in [5.41, 5.74) is 7.10. The summed E-state index contributed by atoms with van der Waals surface area (Å²) in [7, 11) is 0. The SMILES string of the molecule is Brc1cccc(-c2cccc(-c3ccc4c5c6ccccc6c6ccccc6c5n(-c5ccccn5)c4c3)c2)c1. The topological polar surface area (TPSA) is 17.8 Å². The molecule has 2 nitrogen and oxygen atoms in total. The molecule has 0 aliphatic carbocycles. The molecular weight excluding hydrogens is 552 g/mol. The summed E-state index contributed by atoms with van der Waals surface area (Å²) in [4.78, 5) is 4.83. The molecule has 0 N–H and O–H groups in total. The largest absolute Gasteiger partial charge is 0.293 e. The number of rotatable bonds is 3. The first kappa shape index (κ1) is 23.2. The lowest BCUT2D eigenvalue weighted by Gasteiger charge is -2.11. The van der Waals surface area contributed by atoms with Crippen molar-refractivity contribution in [3.05, 3.63) is 144 Å². The van der Waals surface area contributed by atoms with Crippen LogP contribution in [-0.4, -0.2) is 9.55 Å². The summed E-state index contributed by atoms with van der Waals surface area (Å²) in [6, 6.07) is 47.8. The standard InChI is InChI=1S/C37H23BrN2/c38-28-12-8-11-26(22-28)24-9-7-10-25(21-24)27-18-19-33-34(23-27)40(35-17-5-6-20-39-35)37-32-16-4-2-14-30(32)29-13-1-3-15-31(29)36(33)37/h1-23H. The van der Waals surface area contributed by atoms with Crippen molar-refractivity contribution >= 4 is 59.3 Å². The van der Waals surface area contributed by atoms with Gasteiger partial charge in [0.05, 0.1) is 11.0 Å². The van der Waals surface area contributed by atoms with E-state index in [4.69, 9.17) is 4.98 Å². The van der Waals surface area contributed by atoms with Gasteiger partial charge >= 0.3 is 0 Å². The van der Waals surface area contributed by atoms with Gasteiger partial charge in [-0.05, 0) is 74.8 Å². The molecular formula is C37H23BrN2. The number of hydrogen-bond donors (Lipinski definition) is 0. The van der Waals surface area contributed by atoms with E-state index < -0.39 is 0 Å². The minimum absolute atomic E-state index is 0.919. The van der Waals surface area contributed by atoms with Crippen molar-refractivity contribution < 1.29 is 0 Å². The molecule has 0 amide bonds. The van der Waals surface area contributed by atoms with Gasteiger partial charge in [0.25, 0.3) is 0 Å². The summed E-state index contributed by atoms with van der Waals surface area (Å²) >= 11 is 3.62. The Kier molecular flexibility index (Phi) is 5.32. The van der Waals surface area contributed by atoms with Crippen LogP contribution in [0.2, 0.25) is 0 Å². The highest BCUT2D eigenvalue weighted by Gasteiger charge is 2.19. The number of pyridine rings is 1. The van der Waals surface area contributed by atoms with Gasteiger partial charge in [-0.1, -0.05) is 113 Å². The lowest BCUT2D eigenvalue weighted by molar-refractivity contribution is 1.08. The second-order valence-corrected chi connectivity index (χ2v) is 11.1. The number of fused-ring (bicyclic) bond motifs is 8. The summed E-state index contributed by atoms with van der Waals surface area (Å²) in [6.45, 7) is 0. The van der Waals surface area contributed by atoms with Crippen molar-refractivity contribution in [1.29, 1.82) is 0 Å². The van der Waals surface area contributed by atoms with Crippen molar-refractivity contribution in [3.8, 4) is 28.1 Å². The Labute approximate surface area is 240 Å². The zero-order valence-electron chi connectivity index (χ0n) is 21.6. The maximum Gasteiger partial charge on any atom is 0.137 e. The van der Waals surface area contributed by atoms with Crippen LogP contribution in [0.3, 0.4) is 0 Å². The summed E-state index contributed by atoms with van der Waals surface area (Å²) in [6.07, 6.45) is 1.88. The molecule has 8 aromatic rings. The molecule has 8 rings (SSSR count). The Hall–Kier alpha value is -4.73. The number of benzene rings is 6. The molecule has 0 aliphatic rings. The molecule has 0 atom stereocenters. The van der Waals surface area contributed by atoms with E-state index in [0.29, 0.717) is 0 Å². The van der Waals surface area contributed by atoms with E-state index in [1.807, 2.05) is 12.3 Å². The van der Waals surface area contributed by atoms with E-state index in [0.717, 1.165) is 15.8 Å². The van der Waals surface area contributed by atoms with Crippen molar-refractivity contribution in [2.45, 2.75) is 0 Å². The van der Waals surface area contributed by atoms with Crippen LogP contribution in [0.15, 0.2) is 144 Å². The van der Waals surface area contributed by atoms with E-state index in [2.05, 4.69) is 148 Å². The number of halogens is 1. The van der Waals surface area contributed by atoms with E-state index in [-0.39, 0.29) is 0 Å². The highest BCUT2D eigenvalue weighted by molar-refractivity contribution is 9.10. The molecule has 3 heteroatoms. The molecule has 188 valence electrons. The van der Waals surface area contributed by atoms with Crippen molar-refractivity contribution in [2.24, 2.45) is 0 Å². The lowest BCUT2D eigenvalue weighted by atomic mass is 9.95. The van der Waals surface area contributed by atoms with E-state index in [1.54, 1.807) is 0 Å². The Morgan fingerprint density at radius 3 is 1.82 bits per heavy atom. The van der Waals surface area contributed by atoms with Crippen LogP contribution in [0.4, 0.5) is 0 Å². The third-order valence-electron chi connectivity index (χ3n) is 7.87. The Bertz CT molecular complexity index is 2230. The third kappa shape index (κ3) is 3.59. The molecule has 0 unspecified atom stereocenters. The van der Waals surface area contributed by atoms with Crippen LogP contribution in [0.5, 0.6) is 0 Å². The first-order chi connectivity index (χ1) is 19.8. The van der Waals surface area contributed by atoms with Crippen molar-refractivity contribution in [1.82, 2.24) is 9.55 Å². The Morgan fingerprint density at radius 1 is 0.475 bits per heavy atom. The minimum Gasteiger partial charge on any atom is -0.293 e. The lowest BCUT2D eigenvalue weighted by Crippen LogP contribution is -1.97. The minimum atomic E-state index is 0.919. The van der Waals surface area contributed by atoms with Crippen LogP contribution in [0, 0.1) is 0 Å². The molecule has 6 aromatic carbocycles. The second kappa shape index (κ2) is 9.18. The molecule has 0 radical (unpaired) electrons. The zero-order chi connectivity index (χ0) is 26.6. The Morgan fingerprint density at radius 2 is 1.10 bits per heavy atom. The monoisotopic (exact) mass is 574 g/mol. The molecule has 0 fully saturated rings. The average Bonchev–Trinajstić information content (AvgIpc) is 3.37. The molecule has 0 bridgehead atoms. The van der Waals surface area contributed by atoms with Crippen LogP contribution in [0.1, 0.15) is 0 Å². The number of aromatic nitrogens is 2. The highest BCUT2D eigenvalue weighted by atomic mass is 79.9. The predicted octanol–water partition coefficient (Wildman–Crippen LogP) is 10.6. The van der Waals surface area contributed by atoms with Crippen molar-refractivity contribution in [2.75, 3.05) is 0 Å². The van der Waals surface area contributed by atoms with Gasteiger partial charge in [-0.2, -0.15) is 0 Å². The van der Waals surface area contributed by atoms with Gasteiger partial charge in [-0.3, -0.25) is 4.57 Å². The normalized spacial score (nSPS) is 11.6. The maximum atomic E-state index is 4.83. The molecule has 0 saturated heterocycles. The molecule has 0 aliphatic heterocycles. The molecule has 40 heavy (non-hydrogen) atoms. The van der Waals surface area contributed by atoms with E-state index >= 15 is 0 Å². The van der Waals surface area contributed by atoms with Gasteiger partial charge in [-0.25, -0.2) is 4.98 Å². The van der Waals surface area contributed by atoms with E-state index in [1.165, 1.54) is 60.1 Å². The molecule has 2 aromatic heterocycles. The molecule has 0 saturated carbocycles. The summed E-state index contributed by atoms with van der Waals surface area (Å²) < 4.78 is 3.43. The predicted molar refractivity (Wildman–Crippen MR) is 172 cm³/mol. The smallest absolute Gasteiger partial charge is 0.137 e. The average molecular weight is 576 g/mol. The Balaban J connectivity index is 1.47. The van der Waals surface area contributed by atoms with Crippen LogP contribution < -0.4 is 0 Å². The van der Waals surface area contributed by atoms with Gasteiger partial charge < -0.3 is 0 Å². The van der Waals surface area contributed by atoms with Crippen LogP contribution in [0.25, 0.3) is 71.4 Å². The number of nitrogens with zero attached hydrogens (tertiary/aromatic N) is 2. The quantitative estimate of drug-likeness (QED) is 0.192.